The summed E-state index contributed by atoms with van der Waals surface area (Å²) in [4.78, 5) is 0. The third-order valence-corrected chi connectivity index (χ3v) is 1.85. The third-order valence-electron chi connectivity index (χ3n) is 1.54. The summed E-state index contributed by atoms with van der Waals surface area (Å²) in [5, 5.41) is 9.46. The summed E-state index contributed by atoms with van der Waals surface area (Å²) in [5.41, 5.74) is 0.806. The topological polar surface area (TPSA) is 29.5 Å². The summed E-state index contributed by atoms with van der Waals surface area (Å²) < 4.78 is 5.44. The van der Waals surface area contributed by atoms with E-state index in [-0.39, 0.29) is 12.7 Å². The van der Waals surface area contributed by atoms with Crippen LogP contribution in [-0.4, -0.2) is 11.2 Å². The van der Waals surface area contributed by atoms with E-state index < -0.39 is 0 Å². The van der Waals surface area contributed by atoms with E-state index in [1.54, 1.807) is 18.2 Å². The summed E-state index contributed by atoms with van der Waals surface area (Å²) in [6, 6.07) is 5.25. The number of rotatable bonds is 3. The van der Waals surface area contributed by atoms with Crippen molar-refractivity contribution in [3.05, 3.63) is 28.8 Å². The quantitative estimate of drug-likeness (QED) is 0.813. The van der Waals surface area contributed by atoms with Crippen LogP contribution in [0.1, 0.15) is 19.4 Å². The van der Waals surface area contributed by atoms with Crippen LogP contribution >= 0.6 is 11.6 Å². The molecule has 0 unspecified atom stereocenters. The van der Waals surface area contributed by atoms with Crippen LogP contribution in [0.4, 0.5) is 0 Å². The molecule has 0 radical (unpaired) electrons. The fourth-order valence-electron chi connectivity index (χ4n) is 0.990. The minimum absolute atomic E-state index is 0.00558. The zero-order chi connectivity index (χ0) is 9.84. The first-order valence-electron chi connectivity index (χ1n) is 4.19. The highest BCUT2D eigenvalue weighted by molar-refractivity contribution is 6.32. The van der Waals surface area contributed by atoms with Crippen molar-refractivity contribution in [3.8, 4) is 5.75 Å². The zero-order valence-corrected chi connectivity index (χ0v) is 8.51. The zero-order valence-electron chi connectivity index (χ0n) is 7.75. The molecule has 0 amide bonds. The molecular weight excluding hydrogens is 188 g/mol. The Kier molecular flexibility index (Phi) is 3.58. The lowest BCUT2D eigenvalue weighted by Crippen LogP contribution is -2.06. The lowest BCUT2D eigenvalue weighted by Gasteiger charge is -2.11. The second-order valence-corrected chi connectivity index (χ2v) is 3.50. The monoisotopic (exact) mass is 200 g/mol. The van der Waals surface area contributed by atoms with Gasteiger partial charge in [-0.15, -0.1) is 0 Å². The van der Waals surface area contributed by atoms with E-state index in [9.17, 15) is 0 Å². The second kappa shape index (κ2) is 4.49. The molecule has 1 aromatic carbocycles. The molecule has 0 saturated heterocycles. The SMILES string of the molecule is CC(C)Oc1cc(CO)ccc1Cl. The van der Waals surface area contributed by atoms with Crippen LogP contribution in [0.3, 0.4) is 0 Å². The third kappa shape index (κ3) is 2.90. The number of hydrogen-bond acceptors (Lipinski definition) is 2. The fourth-order valence-corrected chi connectivity index (χ4v) is 1.15. The Morgan fingerprint density at radius 2 is 2.15 bits per heavy atom. The van der Waals surface area contributed by atoms with Gasteiger partial charge in [-0.25, -0.2) is 0 Å². The van der Waals surface area contributed by atoms with Crippen molar-refractivity contribution in [1.29, 1.82) is 0 Å². The molecule has 0 saturated carbocycles. The Balaban J connectivity index is 2.90. The van der Waals surface area contributed by atoms with Crippen LogP contribution < -0.4 is 4.74 Å². The van der Waals surface area contributed by atoms with Gasteiger partial charge in [0.2, 0.25) is 0 Å². The van der Waals surface area contributed by atoms with Crippen molar-refractivity contribution in [2.24, 2.45) is 0 Å². The second-order valence-electron chi connectivity index (χ2n) is 3.09. The van der Waals surface area contributed by atoms with Gasteiger partial charge in [0.1, 0.15) is 5.75 Å². The molecule has 0 bridgehead atoms. The van der Waals surface area contributed by atoms with Crippen molar-refractivity contribution in [1.82, 2.24) is 0 Å². The average Bonchev–Trinajstić information content (AvgIpc) is 2.08. The Hall–Kier alpha value is -0.730. The number of halogens is 1. The molecule has 0 aromatic heterocycles. The van der Waals surface area contributed by atoms with Gasteiger partial charge in [0.25, 0.3) is 0 Å². The summed E-state index contributed by atoms with van der Waals surface area (Å²) in [5.74, 6) is 0.628. The molecule has 72 valence electrons. The van der Waals surface area contributed by atoms with Gasteiger partial charge in [0, 0.05) is 0 Å². The van der Waals surface area contributed by atoms with Gasteiger partial charge in [0.15, 0.2) is 0 Å². The van der Waals surface area contributed by atoms with Gasteiger partial charge in [-0.05, 0) is 31.5 Å². The van der Waals surface area contributed by atoms with E-state index in [0.29, 0.717) is 10.8 Å². The first kappa shape index (κ1) is 10.4. The van der Waals surface area contributed by atoms with Gasteiger partial charge >= 0.3 is 0 Å². The van der Waals surface area contributed by atoms with Crippen LogP contribution in [-0.2, 0) is 6.61 Å². The maximum Gasteiger partial charge on any atom is 0.138 e. The predicted octanol–water partition coefficient (Wildman–Crippen LogP) is 2.62. The molecule has 3 heteroatoms. The normalized spacial score (nSPS) is 10.5. The van der Waals surface area contributed by atoms with Crippen molar-refractivity contribution >= 4 is 11.6 Å². The molecule has 0 aliphatic carbocycles. The summed E-state index contributed by atoms with van der Waals surface area (Å²) in [7, 11) is 0. The van der Waals surface area contributed by atoms with Crippen molar-refractivity contribution in [3.63, 3.8) is 0 Å². The minimum atomic E-state index is 0.00558. The number of aliphatic hydroxyl groups is 1. The van der Waals surface area contributed by atoms with Crippen molar-refractivity contribution in [2.75, 3.05) is 0 Å². The highest BCUT2D eigenvalue weighted by Gasteiger charge is 2.04. The fraction of sp³-hybridized carbons (Fsp3) is 0.400. The molecule has 13 heavy (non-hydrogen) atoms. The molecule has 0 heterocycles. The number of ether oxygens (including phenoxy) is 1. The van der Waals surface area contributed by atoms with Gasteiger partial charge in [0.05, 0.1) is 17.7 Å². The van der Waals surface area contributed by atoms with E-state index in [4.69, 9.17) is 21.4 Å². The van der Waals surface area contributed by atoms with E-state index in [1.165, 1.54) is 0 Å². The summed E-state index contributed by atoms with van der Waals surface area (Å²) in [6.07, 6.45) is 0.0893. The molecule has 0 fully saturated rings. The van der Waals surface area contributed by atoms with Crippen LogP contribution in [0, 0.1) is 0 Å². The Morgan fingerprint density at radius 1 is 1.46 bits per heavy atom. The lowest BCUT2D eigenvalue weighted by atomic mass is 10.2. The molecule has 0 spiro atoms. The van der Waals surface area contributed by atoms with E-state index in [1.807, 2.05) is 13.8 Å². The van der Waals surface area contributed by atoms with Crippen molar-refractivity contribution in [2.45, 2.75) is 26.6 Å². The minimum Gasteiger partial charge on any atom is -0.489 e. The van der Waals surface area contributed by atoms with E-state index in [0.717, 1.165) is 5.56 Å². The van der Waals surface area contributed by atoms with Gasteiger partial charge in [-0.1, -0.05) is 17.7 Å². The molecule has 2 nitrogen and oxygen atoms in total. The van der Waals surface area contributed by atoms with Gasteiger partial charge < -0.3 is 9.84 Å². The summed E-state index contributed by atoms with van der Waals surface area (Å²) >= 11 is 5.89. The number of hydrogen-bond donors (Lipinski definition) is 1. The number of benzene rings is 1. The average molecular weight is 201 g/mol. The van der Waals surface area contributed by atoms with Gasteiger partial charge in [-0.2, -0.15) is 0 Å². The molecule has 0 aliphatic heterocycles. The van der Waals surface area contributed by atoms with Gasteiger partial charge in [-0.3, -0.25) is 0 Å². The smallest absolute Gasteiger partial charge is 0.138 e. The van der Waals surface area contributed by atoms with Crippen LogP contribution in [0.5, 0.6) is 5.75 Å². The predicted molar refractivity (Wildman–Crippen MR) is 53.1 cm³/mol. The van der Waals surface area contributed by atoms with Crippen molar-refractivity contribution < 1.29 is 9.84 Å². The van der Waals surface area contributed by atoms with Crippen LogP contribution in [0.25, 0.3) is 0 Å². The molecule has 1 rings (SSSR count). The van der Waals surface area contributed by atoms with Crippen LogP contribution in [0.15, 0.2) is 18.2 Å². The van der Waals surface area contributed by atoms with E-state index >= 15 is 0 Å². The number of aliphatic hydroxyl groups excluding tert-OH is 1. The lowest BCUT2D eigenvalue weighted by molar-refractivity contribution is 0.240. The standard InChI is InChI=1S/C10H13ClO2/c1-7(2)13-10-5-8(6-12)3-4-9(10)11/h3-5,7,12H,6H2,1-2H3. The summed E-state index contributed by atoms with van der Waals surface area (Å²) in [6.45, 7) is 3.87. The maximum atomic E-state index is 8.89. The van der Waals surface area contributed by atoms with E-state index in [2.05, 4.69) is 0 Å². The Morgan fingerprint density at radius 3 is 2.69 bits per heavy atom. The Bertz CT molecular complexity index is 284. The highest BCUT2D eigenvalue weighted by atomic mass is 35.5. The molecular formula is C10H13ClO2. The molecule has 0 atom stereocenters. The highest BCUT2D eigenvalue weighted by Crippen LogP contribution is 2.26. The molecule has 0 aliphatic rings. The molecule has 1 aromatic rings. The van der Waals surface area contributed by atoms with Crippen LogP contribution in [0.2, 0.25) is 5.02 Å². The Labute approximate surface area is 83.1 Å². The maximum absolute atomic E-state index is 8.89. The largest absolute Gasteiger partial charge is 0.489 e. The first-order valence-corrected chi connectivity index (χ1v) is 4.57. The first-order chi connectivity index (χ1) is 6.13. The molecule has 1 N–H and O–H groups in total.